The molecule has 0 aliphatic rings. The molecular weight excluding hydrogens is 241 g/mol. The average molecular weight is 254 g/mol. The summed E-state index contributed by atoms with van der Waals surface area (Å²) in [5.41, 5.74) is 5.59. The van der Waals surface area contributed by atoms with Crippen molar-refractivity contribution in [2.24, 2.45) is 5.73 Å². The fourth-order valence-corrected chi connectivity index (χ4v) is 1.96. The van der Waals surface area contributed by atoms with Gasteiger partial charge in [0.1, 0.15) is 11.1 Å². The molecule has 1 unspecified atom stereocenters. The first-order valence-corrected chi connectivity index (χ1v) is 5.68. The van der Waals surface area contributed by atoms with Gasteiger partial charge in [0.2, 0.25) is 0 Å². The highest BCUT2D eigenvalue weighted by Gasteiger charge is 2.27. The number of hydrogen-bond acceptors (Lipinski definition) is 4. The zero-order valence-electron chi connectivity index (χ0n) is 8.44. The Labute approximate surface area is 95.1 Å². The first-order valence-electron chi connectivity index (χ1n) is 4.80. The van der Waals surface area contributed by atoms with Crippen molar-refractivity contribution in [2.45, 2.75) is 37.6 Å². The van der Waals surface area contributed by atoms with Crippen molar-refractivity contribution < 1.29 is 18.3 Å². The summed E-state index contributed by atoms with van der Waals surface area (Å²) in [6.07, 6.45) is -4.44. The van der Waals surface area contributed by atoms with Gasteiger partial charge in [-0.05, 0) is 12.8 Å². The highest BCUT2D eigenvalue weighted by atomic mass is 32.1. The van der Waals surface area contributed by atoms with Crippen molar-refractivity contribution in [1.29, 1.82) is 0 Å². The van der Waals surface area contributed by atoms with E-state index in [-0.39, 0.29) is 12.8 Å². The lowest BCUT2D eigenvalue weighted by Crippen LogP contribution is -2.28. The molecule has 0 amide bonds. The molecule has 1 rings (SSSR count). The molecule has 0 radical (unpaired) electrons. The van der Waals surface area contributed by atoms with E-state index in [1.54, 1.807) is 5.38 Å². The summed E-state index contributed by atoms with van der Waals surface area (Å²) < 4.78 is 35.6. The monoisotopic (exact) mass is 254 g/mol. The van der Waals surface area contributed by atoms with Gasteiger partial charge in [0.25, 0.3) is 0 Å². The molecule has 7 heteroatoms. The van der Waals surface area contributed by atoms with Crippen LogP contribution in [0, 0.1) is 0 Å². The summed E-state index contributed by atoms with van der Waals surface area (Å²) in [6, 6.07) is -0.700. The van der Waals surface area contributed by atoms with E-state index in [4.69, 9.17) is 5.73 Å². The summed E-state index contributed by atoms with van der Waals surface area (Å²) in [5, 5.41) is 11.8. The zero-order valence-corrected chi connectivity index (χ0v) is 9.26. The molecule has 1 aromatic rings. The Hall–Kier alpha value is -0.660. The summed E-state index contributed by atoms with van der Waals surface area (Å²) in [7, 11) is 0. The Balaban J connectivity index is 2.33. The van der Waals surface area contributed by atoms with Crippen LogP contribution in [-0.4, -0.2) is 22.3 Å². The Morgan fingerprint density at radius 1 is 1.50 bits per heavy atom. The number of halogens is 3. The summed E-state index contributed by atoms with van der Waals surface area (Å²) >= 11 is 1.24. The van der Waals surface area contributed by atoms with Crippen molar-refractivity contribution >= 4 is 11.3 Å². The van der Waals surface area contributed by atoms with E-state index in [0.29, 0.717) is 5.01 Å². The predicted octanol–water partition coefficient (Wildman–Crippen LogP) is 2.24. The predicted molar refractivity (Wildman–Crippen MR) is 55.0 cm³/mol. The van der Waals surface area contributed by atoms with Crippen LogP contribution < -0.4 is 5.73 Å². The molecule has 0 saturated carbocycles. The molecule has 0 saturated heterocycles. The maximum Gasteiger partial charge on any atom is 0.389 e. The van der Waals surface area contributed by atoms with Crippen LogP contribution in [0.4, 0.5) is 13.2 Å². The molecular formula is C9H13F3N2OS. The lowest BCUT2D eigenvalue weighted by Gasteiger charge is -2.16. The van der Waals surface area contributed by atoms with E-state index in [1.165, 1.54) is 17.5 Å². The lowest BCUT2D eigenvalue weighted by atomic mass is 10.1. The van der Waals surface area contributed by atoms with Crippen LogP contribution in [0.15, 0.2) is 11.6 Å². The van der Waals surface area contributed by atoms with Gasteiger partial charge in [-0.1, -0.05) is 0 Å². The van der Waals surface area contributed by atoms with E-state index >= 15 is 0 Å². The van der Waals surface area contributed by atoms with Crippen molar-refractivity contribution in [2.75, 3.05) is 0 Å². The van der Waals surface area contributed by atoms with Crippen LogP contribution in [0.25, 0.3) is 0 Å². The molecule has 3 nitrogen and oxygen atoms in total. The number of alkyl halides is 3. The second-order valence-corrected chi connectivity index (χ2v) is 4.41. The van der Waals surface area contributed by atoms with Crippen LogP contribution in [0.2, 0.25) is 0 Å². The average Bonchev–Trinajstić information content (AvgIpc) is 2.67. The number of nitrogens with zero attached hydrogens (tertiary/aromatic N) is 1. The van der Waals surface area contributed by atoms with Gasteiger partial charge in [0.15, 0.2) is 0 Å². The van der Waals surface area contributed by atoms with E-state index < -0.39 is 24.7 Å². The minimum absolute atomic E-state index is 0.0763. The number of hydrogen-bond donors (Lipinski definition) is 2. The maximum atomic E-state index is 11.9. The molecule has 16 heavy (non-hydrogen) atoms. The van der Waals surface area contributed by atoms with Crippen LogP contribution in [0.3, 0.4) is 0 Å². The van der Waals surface area contributed by atoms with Crippen molar-refractivity contribution in [1.82, 2.24) is 4.98 Å². The summed E-state index contributed by atoms with van der Waals surface area (Å²) in [5.74, 6) is 0. The van der Waals surface area contributed by atoms with E-state index in [9.17, 15) is 18.3 Å². The minimum Gasteiger partial charge on any atom is -0.384 e. The van der Waals surface area contributed by atoms with Gasteiger partial charge in [-0.25, -0.2) is 4.98 Å². The molecule has 0 aliphatic carbocycles. The van der Waals surface area contributed by atoms with Crippen LogP contribution in [0.1, 0.15) is 30.4 Å². The Kier molecular flexibility index (Phi) is 4.69. The van der Waals surface area contributed by atoms with Crippen molar-refractivity contribution in [3.8, 4) is 0 Å². The smallest absolute Gasteiger partial charge is 0.384 e. The topological polar surface area (TPSA) is 59.1 Å². The number of nitrogens with two attached hydrogens (primary N) is 1. The molecule has 0 bridgehead atoms. The maximum absolute atomic E-state index is 11.9. The van der Waals surface area contributed by atoms with E-state index in [2.05, 4.69) is 4.98 Å². The van der Waals surface area contributed by atoms with Crippen LogP contribution in [-0.2, 0) is 0 Å². The number of thiazole rings is 1. The standard InChI is InChI=1S/C9H13F3N2OS/c10-9(11,12)3-1-2-6(13)7(15)8-14-4-5-16-8/h4-7,15H,1-3,13H2/t6-,7?/m0/s1. The van der Waals surface area contributed by atoms with Gasteiger partial charge in [-0.2, -0.15) is 13.2 Å². The van der Waals surface area contributed by atoms with Gasteiger partial charge in [0, 0.05) is 24.0 Å². The fraction of sp³-hybridized carbons (Fsp3) is 0.667. The van der Waals surface area contributed by atoms with E-state index in [1.807, 2.05) is 0 Å². The third-order valence-corrected chi connectivity index (χ3v) is 2.95. The number of rotatable bonds is 5. The molecule has 1 heterocycles. The summed E-state index contributed by atoms with van der Waals surface area (Å²) in [4.78, 5) is 3.86. The van der Waals surface area contributed by atoms with Gasteiger partial charge in [0.05, 0.1) is 0 Å². The molecule has 3 N–H and O–H groups in total. The normalized spacial score (nSPS) is 16.1. The van der Waals surface area contributed by atoms with Gasteiger partial charge < -0.3 is 10.8 Å². The molecule has 0 spiro atoms. The molecule has 0 aliphatic heterocycles. The summed E-state index contributed by atoms with van der Waals surface area (Å²) in [6.45, 7) is 0. The molecule has 1 aromatic heterocycles. The largest absolute Gasteiger partial charge is 0.389 e. The quantitative estimate of drug-likeness (QED) is 0.847. The molecule has 92 valence electrons. The van der Waals surface area contributed by atoms with Crippen LogP contribution in [0.5, 0.6) is 0 Å². The molecule has 2 atom stereocenters. The Morgan fingerprint density at radius 2 is 2.19 bits per heavy atom. The zero-order chi connectivity index (χ0) is 12.2. The van der Waals surface area contributed by atoms with Crippen molar-refractivity contribution in [3.63, 3.8) is 0 Å². The fourth-order valence-electron chi connectivity index (χ4n) is 1.26. The van der Waals surface area contributed by atoms with Crippen molar-refractivity contribution in [3.05, 3.63) is 16.6 Å². The van der Waals surface area contributed by atoms with Gasteiger partial charge in [-0.15, -0.1) is 11.3 Å². The van der Waals surface area contributed by atoms with Crippen LogP contribution >= 0.6 is 11.3 Å². The SMILES string of the molecule is N[C@@H](CCCC(F)(F)F)C(O)c1nccs1. The molecule has 0 fully saturated rings. The first kappa shape index (κ1) is 13.4. The highest BCUT2D eigenvalue weighted by molar-refractivity contribution is 7.09. The Morgan fingerprint density at radius 3 is 2.69 bits per heavy atom. The number of aliphatic hydroxyl groups is 1. The second-order valence-electron chi connectivity index (χ2n) is 3.49. The first-order chi connectivity index (χ1) is 7.40. The Bertz CT molecular complexity index is 302. The lowest BCUT2D eigenvalue weighted by molar-refractivity contribution is -0.136. The van der Waals surface area contributed by atoms with Gasteiger partial charge >= 0.3 is 6.18 Å². The highest BCUT2D eigenvalue weighted by Crippen LogP contribution is 2.25. The molecule has 0 aromatic carbocycles. The van der Waals surface area contributed by atoms with Gasteiger partial charge in [-0.3, -0.25) is 0 Å². The van der Waals surface area contributed by atoms with E-state index in [0.717, 1.165) is 0 Å². The third kappa shape index (κ3) is 4.46. The number of aromatic nitrogens is 1. The third-order valence-electron chi connectivity index (χ3n) is 2.11. The minimum atomic E-state index is -4.16. The second kappa shape index (κ2) is 5.60. The number of aliphatic hydroxyl groups excluding tert-OH is 1.